The molecule has 0 unspecified atom stereocenters. The van der Waals surface area contributed by atoms with Crippen molar-refractivity contribution in [3.05, 3.63) is 24.5 Å². The number of hydrogen-bond donors (Lipinski definition) is 0. The van der Waals surface area contributed by atoms with E-state index in [9.17, 15) is 4.79 Å². The highest BCUT2D eigenvalue weighted by atomic mass is 32.2. The normalized spacial score (nSPS) is 11.1. The summed E-state index contributed by atoms with van der Waals surface area (Å²) in [4.78, 5) is 16.6. The standard InChI is InChI=1S/C11H15NO2S/c1-4-14-10(13)11(2,3)15-9-6-5-7-12-8-9/h5-8H,4H2,1-3H3. The van der Waals surface area contributed by atoms with Crippen LogP contribution in [0.1, 0.15) is 20.8 Å². The zero-order valence-corrected chi connectivity index (χ0v) is 10.0. The van der Waals surface area contributed by atoms with Crippen molar-refractivity contribution in [2.24, 2.45) is 0 Å². The fourth-order valence-corrected chi connectivity index (χ4v) is 2.04. The predicted octanol–water partition coefficient (Wildman–Crippen LogP) is 2.52. The first-order chi connectivity index (χ1) is 7.06. The van der Waals surface area contributed by atoms with Gasteiger partial charge in [0.2, 0.25) is 0 Å². The van der Waals surface area contributed by atoms with E-state index in [1.807, 2.05) is 32.9 Å². The Kier molecular flexibility index (Phi) is 4.15. The quantitative estimate of drug-likeness (QED) is 0.583. The van der Waals surface area contributed by atoms with Crippen molar-refractivity contribution in [1.29, 1.82) is 0 Å². The van der Waals surface area contributed by atoms with E-state index in [2.05, 4.69) is 4.98 Å². The molecule has 15 heavy (non-hydrogen) atoms. The Morgan fingerprint density at radius 1 is 1.60 bits per heavy atom. The molecule has 82 valence electrons. The zero-order valence-electron chi connectivity index (χ0n) is 9.19. The number of rotatable bonds is 4. The summed E-state index contributed by atoms with van der Waals surface area (Å²) in [6.07, 6.45) is 3.45. The fourth-order valence-electron chi connectivity index (χ4n) is 1.05. The number of thioether (sulfide) groups is 1. The van der Waals surface area contributed by atoms with E-state index in [1.165, 1.54) is 11.8 Å². The highest BCUT2D eigenvalue weighted by Crippen LogP contribution is 2.32. The van der Waals surface area contributed by atoms with Gasteiger partial charge in [-0.05, 0) is 32.9 Å². The maximum Gasteiger partial charge on any atom is 0.321 e. The molecule has 0 N–H and O–H groups in total. The molecule has 0 saturated carbocycles. The van der Waals surface area contributed by atoms with Gasteiger partial charge in [-0.25, -0.2) is 0 Å². The molecule has 0 bridgehead atoms. The molecule has 4 heteroatoms. The van der Waals surface area contributed by atoms with Gasteiger partial charge in [-0.2, -0.15) is 0 Å². The van der Waals surface area contributed by atoms with Gasteiger partial charge in [0, 0.05) is 17.3 Å². The molecular formula is C11H15NO2S. The maximum atomic E-state index is 11.6. The number of hydrogen-bond acceptors (Lipinski definition) is 4. The maximum absolute atomic E-state index is 11.6. The Morgan fingerprint density at radius 2 is 2.33 bits per heavy atom. The van der Waals surface area contributed by atoms with E-state index in [1.54, 1.807) is 12.4 Å². The van der Waals surface area contributed by atoms with Gasteiger partial charge in [-0.1, -0.05) is 0 Å². The minimum atomic E-state index is -0.570. The largest absolute Gasteiger partial charge is 0.465 e. The Morgan fingerprint density at radius 3 is 2.87 bits per heavy atom. The van der Waals surface area contributed by atoms with Gasteiger partial charge in [0.1, 0.15) is 4.75 Å². The summed E-state index contributed by atoms with van der Waals surface area (Å²) in [6, 6.07) is 3.78. The monoisotopic (exact) mass is 225 g/mol. The van der Waals surface area contributed by atoms with Gasteiger partial charge in [-0.15, -0.1) is 11.8 Å². The van der Waals surface area contributed by atoms with E-state index in [0.29, 0.717) is 6.61 Å². The first-order valence-electron chi connectivity index (χ1n) is 4.82. The molecule has 1 aromatic rings. The lowest BCUT2D eigenvalue weighted by Crippen LogP contribution is -2.29. The number of carbonyl (C=O) groups excluding carboxylic acids is 1. The molecule has 1 aromatic heterocycles. The van der Waals surface area contributed by atoms with Gasteiger partial charge < -0.3 is 4.74 Å². The second-order valence-corrected chi connectivity index (χ2v) is 5.22. The van der Waals surface area contributed by atoms with Gasteiger partial charge in [0.25, 0.3) is 0 Å². The summed E-state index contributed by atoms with van der Waals surface area (Å²) in [6.45, 7) is 5.92. The van der Waals surface area contributed by atoms with Gasteiger partial charge in [0.15, 0.2) is 0 Å². The third-order valence-electron chi connectivity index (χ3n) is 1.77. The van der Waals surface area contributed by atoms with Crippen LogP contribution in [-0.2, 0) is 9.53 Å². The summed E-state index contributed by atoms with van der Waals surface area (Å²) in [5.41, 5.74) is 0. The molecule has 0 aromatic carbocycles. The molecule has 0 radical (unpaired) electrons. The summed E-state index contributed by atoms with van der Waals surface area (Å²) in [5, 5.41) is 0. The van der Waals surface area contributed by atoms with Crippen molar-refractivity contribution >= 4 is 17.7 Å². The summed E-state index contributed by atoms with van der Waals surface area (Å²) >= 11 is 1.46. The average molecular weight is 225 g/mol. The highest BCUT2D eigenvalue weighted by molar-refractivity contribution is 8.01. The molecule has 1 rings (SSSR count). The van der Waals surface area contributed by atoms with Crippen molar-refractivity contribution in [3.8, 4) is 0 Å². The number of carbonyl (C=O) groups is 1. The van der Waals surface area contributed by atoms with Crippen molar-refractivity contribution in [2.75, 3.05) is 6.61 Å². The molecule has 0 fully saturated rings. The van der Waals surface area contributed by atoms with Crippen LogP contribution in [0.4, 0.5) is 0 Å². The summed E-state index contributed by atoms with van der Waals surface area (Å²) < 4.78 is 4.43. The van der Waals surface area contributed by atoms with Crippen LogP contribution in [0.15, 0.2) is 29.4 Å². The number of nitrogens with zero attached hydrogens (tertiary/aromatic N) is 1. The highest BCUT2D eigenvalue weighted by Gasteiger charge is 2.30. The van der Waals surface area contributed by atoms with E-state index >= 15 is 0 Å². The summed E-state index contributed by atoms with van der Waals surface area (Å²) in [7, 11) is 0. The lowest BCUT2D eigenvalue weighted by atomic mass is 10.2. The average Bonchev–Trinajstić information content (AvgIpc) is 2.19. The zero-order chi connectivity index (χ0) is 11.3. The number of aromatic nitrogens is 1. The molecule has 0 aliphatic heterocycles. The van der Waals surface area contributed by atoms with Crippen molar-refractivity contribution < 1.29 is 9.53 Å². The number of esters is 1. The third kappa shape index (κ3) is 3.55. The van der Waals surface area contributed by atoms with Crippen LogP contribution >= 0.6 is 11.8 Å². The molecule has 0 atom stereocenters. The van der Waals surface area contributed by atoms with Crippen molar-refractivity contribution in [3.63, 3.8) is 0 Å². The Bertz CT molecular complexity index is 325. The molecule has 0 aliphatic rings. The van der Waals surface area contributed by atoms with E-state index in [0.717, 1.165) is 4.90 Å². The second kappa shape index (κ2) is 5.16. The third-order valence-corrected chi connectivity index (χ3v) is 2.93. The summed E-state index contributed by atoms with van der Waals surface area (Å²) in [5.74, 6) is -0.196. The van der Waals surface area contributed by atoms with Crippen LogP contribution in [-0.4, -0.2) is 22.3 Å². The topological polar surface area (TPSA) is 39.2 Å². The molecule has 0 amide bonds. The molecule has 0 saturated heterocycles. The SMILES string of the molecule is CCOC(=O)C(C)(C)Sc1cccnc1. The molecule has 0 aliphatic carbocycles. The Hall–Kier alpha value is -1.03. The van der Waals surface area contributed by atoms with Crippen LogP contribution in [0.3, 0.4) is 0 Å². The fraction of sp³-hybridized carbons (Fsp3) is 0.455. The smallest absolute Gasteiger partial charge is 0.321 e. The molecule has 0 spiro atoms. The lowest BCUT2D eigenvalue weighted by Gasteiger charge is -2.21. The van der Waals surface area contributed by atoms with Crippen LogP contribution in [0.25, 0.3) is 0 Å². The van der Waals surface area contributed by atoms with Crippen LogP contribution in [0.5, 0.6) is 0 Å². The predicted molar refractivity (Wildman–Crippen MR) is 60.8 cm³/mol. The van der Waals surface area contributed by atoms with Crippen LogP contribution < -0.4 is 0 Å². The Balaban J connectivity index is 2.68. The van der Waals surface area contributed by atoms with Gasteiger partial charge >= 0.3 is 5.97 Å². The van der Waals surface area contributed by atoms with Crippen LogP contribution in [0, 0.1) is 0 Å². The first kappa shape index (κ1) is 12.0. The van der Waals surface area contributed by atoms with E-state index < -0.39 is 4.75 Å². The van der Waals surface area contributed by atoms with Crippen molar-refractivity contribution in [1.82, 2.24) is 4.98 Å². The van der Waals surface area contributed by atoms with Gasteiger partial charge in [0.05, 0.1) is 6.61 Å². The van der Waals surface area contributed by atoms with E-state index in [4.69, 9.17) is 4.74 Å². The molecule has 1 heterocycles. The van der Waals surface area contributed by atoms with E-state index in [-0.39, 0.29) is 5.97 Å². The Labute approximate surface area is 94.2 Å². The first-order valence-corrected chi connectivity index (χ1v) is 5.64. The number of pyridine rings is 1. The molecular weight excluding hydrogens is 210 g/mol. The number of ether oxygens (including phenoxy) is 1. The second-order valence-electron chi connectivity index (χ2n) is 3.52. The minimum absolute atomic E-state index is 0.196. The molecule has 3 nitrogen and oxygen atoms in total. The van der Waals surface area contributed by atoms with Crippen LogP contribution in [0.2, 0.25) is 0 Å². The lowest BCUT2D eigenvalue weighted by molar-refractivity contribution is -0.145. The minimum Gasteiger partial charge on any atom is -0.465 e. The van der Waals surface area contributed by atoms with Crippen molar-refractivity contribution in [2.45, 2.75) is 30.4 Å². The van der Waals surface area contributed by atoms with Gasteiger partial charge in [-0.3, -0.25) is 9.78 Å².